The third kappa shape index (κ3) is 5.05. The second-order valence-corrected chi connectivity index (χ2v) is 11.0. The van der Waals surface area contributed by atoms with Gasteiger partial charge in [0, 0.05) is 38.9 Å². The number of piperazine rings is 1. The number of aromatic nitrogens is 2. The Balaban J connectivity index is 1.57. The molecule has 1 N–H and O–H groups in total. The van der Waals surface area contributed by atoms with Crippen LogP contribution in [0, 0.1) is 0 Å². The molecule has 1 aliphatic heterocycles. The van der Waals surface area contributed by atoms with Gasteiger partial charge >= 0.3 is 0 Å². The molecule has 0 spiro atoms. The van der Waals surface area contributed by atoms with E-state index in [1.54, 1.807) is 39.1 Å². The Kier molecular flexibility index (Phi) is 6.43. The van der Waals surface area contributed by atoms with Crippen LogP contribution < -0.4 is 10.2 Å². The first-order valence-corrected chi connectivity index (χ1v) is 11.6. The van der Waals surface area contributed by atoms with E-state index in [9.17, 15) is 8.42 Å². The van der Waals surface area contributed by atoms with Gasteiger partial charge in [-0.15, -0.1) is 0 Å². The van der Waals surface area contributed by atoms with Gasteiger partial charge in [-0.2, -0.15) is 0 Å². The summed E-state index contributed by atoms with van der Waals surface area (Å²) in [7, 11) is -3.44. The smallest absolute Gasteiger partial charge is 0.200 e. The van der Waals surface area contributed by atoms with Gasteiger partial charge in [-0.25, -0.2) is 18.4 Å². The van der Waals surface area contributed by atoms with Crippen LogP contribution >= 0.6 is 0 Å². The van der Waals surface area contributed by atoms with E-state index in [1.165, 1.54) is 0 Å². The molecule has 0 radical (unpaired) electrons. The summed E-state index contributed by atoms with van der Waals surface area (Å²) in [5.41, 5.74) is 1.84. The van der Waals surface area contributed by atoms with E-state index in [0.29, 0.717) is 6.54 Å². The average Bonchev–Trinajstić information content (AvgIpc) is 2.72. The number of hydrogen-bond acceptors (Lipinski definition) is 7. The van der Waals surface area contributed by atoms with Crippen molar-refractivity contribution in [2.24, 2.45) is 0 Å². The SMILES string of the molecule is CCN1CCN(c2ccc(CNc3ccc(S(=O)(=O)C(C)(C)C)nc3)cn2)CC1. The summed E-state index contributed by atoms with van der Waals surface area (Å²) in [4.78, 5) is 13.5. The molecule has 0 aliphatic carbocycles. The highest BCUT2D eigenvalue weighted by molar-refractivity contribution is 7.92. The minimum Gasteiger partial charge on any atom is -0.380 e. The quantitative estimate of drug-likeness (QED) is 0.774. The second kappa shape index (κ2) is 8.67. The maximum Gasteiger partial charge on any atom is 0.200 e. The molecule has 29 heavy (non-hydrogen) atoms. The maximum absolute atomic E-state index is 12.4. The monoisotopic (exact) mass is 417 g/mol. The van der Waals surface area contributed by atoms with E-state index in [-0.39, 0.29) is 5.03 Å². The van der Waals surface area contributed by atoms with Crippen LogP contribution in [-0.2, 0) is 16.4 Å². The van der Waals surface area contributed by atoms with Gasteiger partial charge in [0.15, 0.2) is 14.9 Å². The van der Waals surface area contributed by atoms with Crippen LogP contribution in [0.25, 0.3) is 0 Å². The van der Waals surface area contributed by atoms with Crippen LogP contribution in [0.3, 0.4) is 0 Å². The normalized spacial score (nSPS) is 16.1. The van der Waals surface area contributed by atoms with Gasteiger partial charge in [0.2, 0.25) is 0 Å². The minimum absolute atomic E-state index is 0.102. The Morgan fingerprint density at radius 1 is 1.00 bits per heavy atom. The minimum atomic E-state index is -3.44. The third-order valence-corrected chi connectivity index (χ3v) is 7.67. The molecule has 3 rings (SSSR count). The van der Waals surface area contributed by atoms with Crippen molar-refractivity contribution in [1.29, 1.82) is 0 Å². The van der Waals surface area contributed by atoms with Crippen molar-refractivity contribution >= 4 is 21.3 Å². The van der Waals surface area contributed by atoms with Gasteiger partial charge in [0.25, 0.3) is 0 Å². The molecule has 0 atom stereocenters. The Labute approximate surface area is 174 Å². The van der Waals surface area contributed by atoms with Crippen molar-refractivity contribution in [3.05, 3.63) is 42.2 Å². The lowest BCUT2D eigenvalue weighted by Crippen LogP contribution is -2.46. The van der Waals surface area contributed by atoms with Gasteiger partial charge < -0.3 is 15.1 Å². The van der Waals surface area contributed by atoms with E-state index in [2.05, 4.69) is 44.1 Å². The Bertz CT molecular complexity index is 898. The van der Waals surface area contributed by atoms with Crippen LogP contribution in [0.4, 0.5) is 11.5 Å². The van der Waals surface area contributed by atoms with Gasteiger partial charge in [0.1, 0.15) is 5.82 Å². The molecular weight excluding hydrogens is 386 g/mol. The molecule has 2 aromatic heterocycles. The number of sulfone groups is 1. The number of rotatable bonds is 6. The van der Waals surface area contributed by atoms with E-state index in [1.807, 2.05) is 6.20 Å². The fraction of sp³-hybridized carbons (Fsp3) is 0.524. The topological polar surface area (TPSA) is 78.4 Å². The highest BCUT2D eigenvalue weighted by atomic mass is 32.2. The molecule has 3 heterocycles. The van der Waals surface area contributed by atoms with E-state index >= 15 is 0 Å². The molecule has 0 aromatic carbocycles. The standard InChI is InChI=1S/C21H31N5O2S/c1-5-25-10-12-26(13-11-25)19-8-6-17(15-23-19)14-22-18-7-9-20(24-16-18)29(27,28)21(2,3)4/h6-9,15-16,22H,5,10-14H2,1-4H3. The third-order valence-electron chi connectivity index (χ3n) is 5.27. The van der Waals surface area contributed by atoms with E-state index in [0.717, 1.165) is 49.8 Å². The summed E-state index contributed by atoms with van der Waals surface area (Å²) in [6, 6.07) is 7.45. The predicted octanol–water partition coefficient (Wildman–Crippen LogP) is 2.80. The molecule has 1 aliphatic rings. The van der Waals surface area contributed by atoms with Crippen molar-refractivity contribution in [2.45, 2.75) is 44.0 Å². The van der Waals surface area contributed by atoms with Crippen LogP contribution in [0.2, 0.25) is 0 Å². The van der Waals surface area contributed by atoms with Crippen molar-refractivity contribution in [3.63, 3.8) is 0 Å². The Morgan fingerprint density at radius 2 is 1.72 bits per heavy atom. The van der Waals surface area contributed by atoms with Crippen LogP contribution in [-0.4, -0.2) is 60.8 Å². The van der Waals surface area contributed by atoms with Crippen LogP contribution in [0.15, 0.2) is 41.7 Å². The summed E-state index contributed by atoms with van der Waals surface area (Å²) in [6.07, 6.45) is 3.45. The maximum atomic E-state index is 12.4. The summed E-state index contributed by atoms with van der Waals surface area (Å²) in [6.45, 7) is 13.1. The van der Waals surface area contributed by atoms with Crippen LogP contribution in [0.5, 0.6) is 0 Å². The molecule has 0 saturated carbocycles. The lowest BCUT2D eigenvalue weighted by molar-refractivity contribution is 0.270. The zero-order valence-corrected chi connectivity index (χ0v) is 18.5. The molecule has 1 saturated heterocycles. The summed E-state index contributed by atoms with van der Waals surface area (Å²) in [5.74, 6) is 1.02. The Morgan fingerprint density at radius 3 is 2.24 bits per heavy atom. The molecule has 0 unspecified atom stereocenters. The van der Waals surface area contributed by atoms with Gasteiger partial charge in [-0.3, -0.25) is 0 Å². The molecule has 0 amide bonds. The van der Waals surface area contributed by atoms with Crippen molar-refractivity contribution in [2.75, 3.05) is 42.9 Å². The fourth-order valence-corrected chi connectivity index (χ4v) is 4.23. The van der Waals surface area contributed by atoms with Crippen LogP contribution in [0.1, 0.15) is 33.3 Å². The Hall–Kier alpha value is -2.19. The van der Waals surface area contributed by atoms with Crippen molar-refractivity contribution in [1.82, 2.24) is 14.9 Å². The summed E-state index contributed by atoms with van der Waals surface area (Å²) in [5, 5.41) is 3.37. The number of anilines is 2. The van der Waals surface area contributed by atoms with E-state index < -0.39 is 14.6 Å². The largest absolute Gasteiger partial charge is 0.380 e. The van der Waals surface area contributed by atoms with Gasteiger partial charge in [-0.05, 0) is 51.1 Å². The number of likely N-dealkylation sites (N-methyl/N-ethyl adjacent to an activating group) is 1. The summed E-state index contributed by atoms with van der Waals surface area (Å²) >= 11 is 0. The lowest BCUT2D eigenvalue weighted by atomic mass is 10.2. The van der Waals surface area contributed by atoms with Crippen molar-refractivity contribution < 1.29 is 8.42 Å². The number of nitrogens with zero attached hydrogens (tertiary/aromatic N) is 4. The summed E-state index contributed by atoms with van der Waals surface area (Å²) < 4.78 is 24.0. The molecule has 1 fully saturated rings. The molecule has 2 aromatic rings. The fourth-order valence-electron chi connectivity index (χ4n) is 3.16. The molecule has 7 nitrogen and oxygen atoms in total. The number of nitrogens with one attached hydrogen (secondary N) is 1. The highest BCUT2D eigenvalue weighted by Gasteiger charge is 2.31. The molecule has 0 bridgehead atoms. The van der Waals surface area contributed by atoms with Gasteiger partial charge in [-0.1, -0.05) is 13.0 Å². The molecule has 8 heteroatoms. The molecule has 158 valence electrons. The first-order valence-electron chi connectivity index (χ1n) is 10.1. The molecular formula is C21H31N5O2S. The first-order chi connectivity index (χ1) is 13.7. The zero-order chi connectivity index (χ0) is 21.1. The first kappa shape index (κ1) is 21.5. The van der Waals surface area contributed by atoms with Crippen molar-refractivity contribution in [3.8, 4) is 0 Å². The second-order valence-electron chi connectivity index (χ2n) is 8.30. The zero-order valence-electron chi connectivity index (χ0n) is 17.7. The lowest BCUT2D eigenvalue weighted by Gasteiger charge is -2.34. The van der Waals surface area contributed by atoms with Gasteiger partial charge in [0.05, 0.1) is 16.6 Å². The average molecular weight is 418 g/mol. The predicted molar refractivity (Wildman–Crippen MR) is 117 cm³/mol. The highest BCUT2D eigenvalue weighted by Crippen LogP contribution is 2.24. The number of hydrogen-bond donors (Lipinski definition) is 1. The number of pyridine rings is 2. The van der Waals surface area contributed by atoms with E-state index in [4.69, 9.17) is 0 Å².